The molecule has 0 aliphatic heterocycles. The van der Waals surface area contributed by atoms with E-state index in [1.165, 1.54) is 0 Å². The summed E-state index contributed by atoms with van der Waals surface area (Å²) in [5.41, 5.74) is 3.18. The third-order valence-electron chi connectivity index (χ3n) is 3.37. The molecule has 1 aliphatic carbocycles. The molecule has 0 unspecified atom stereocenters. The Morgan fingerprint density at radius 1 is 1.24 bits per heavy atom. The van der Waals surface area contributed by atoms with Gasteiger partial charge in [-0.2, -0.15) is 0 Å². The topological polar surface area (TPSA) is 54.0 Å². The number of rotatable bonds is 4. The molecular weight excluding hydrogens is 286 g/mol. The summed E-state index contributed by atoms with van der Waals surface area (Å²) in [7, 11) is 0. The molecule has 0 radical (unpaired) electrons. The minimum Gasteiger partial charge on any atom is -0.354 e. The van der Waals surface area contributed by atoms with Crippen LogP contribution in [-0.2, 0) is 0 Å². The standard InChI is InChI=1S/C16H16ClN3O/c1-10-2-3-12(8-14(10)17)19-13-6-7-15(18-9-13)16(21)20-11-4-5-11/h2-3,6-9,11,19H,4-5H2,1H3,(H,20,21). The van der Waals surface area contributed by atoms with Crippen molar-refractivity contribution in [3.8, 4) is 0 Å². The van der Waals surface area contributed by atoms with E-state index in [0.29, 0.717) is 16.8 Å². The van der Waals surface area contributed by atoms with E-state index in [0.717, 1.165) is 29.8 Å². The van der Waals surface area contributed by atoms with Crippen LogP contribution in [-0.4, -0.2) is 16.9 Å². The van der Waals surface area contributed by atoms with E-state index in [9.17, 15) is 4.79 Å². The van der Waals surface area contributed by atoms with Gasteiger partial charge in [0, 0.05) is 16.8 Å². The highest BCUT2D eigenvalue weighted by Crippen LogP contribution is 2.23. The number of hydrogen-bond acceptors (Lipinski definition) is 3. The van der Waals surface area contributed by atoms with Crippen LogP contribution in [0, 0.1) is 6.92 Å². The first-order valence-electron chi connectivity index (χ1n) is 6.92. The maximum atomic E-state index is 11.8. The number of carbonyl (C=O) groups is 1. The van der Waals surface area contributed by atoms with Crippen LogP contribution in [0.4, 0.5) is 11.4 Å². The van der Waals surface area contributed by atoms with Gasteiger partial charge in [0.15, 0.2) is 0 Å². The first kappa shape index (κ1) is 13.9. The van der Waals surface area contributed by atoms with Crippen LogP contribution in [0.5, 0.6) is 0 Å². The number of aryl methyl sites for hydroxylation is 1. The maximum Gasteiger partial charge on any atom is 0.270 e. The molecule has 21 heavy (non-hydrogen) atoms. The Balaban J connectivity index is 1.68. The van der Waals surface area contributed by atoms with Gasteiger partial charge in [0.2, 0.25) is 0 Å². The Hall–Kier alpha value is -2.07. The Bertz CT molecular complexity index is 666. The van der Waals surface area contributed by atoms with E-state index in [1.54, 1.807) is 12.3 Å². The lowest BCUT2D eigenvalue weighted by molar-refractivity contribution is 0.0946. The fourth-order valence-electron chi connectivity index (χ4n) is 1.93. The fourth-order valence-corrected chi connectivity index (χ4v) is 2.11. The molecule has 1 aromatic carbocycles. The van der Waals surface area contributed by atoms with Gasteiger partial charge in [-0.05, 0) is 49.6 Å². The molecule has 1 aromatic heterocycles. The third-order valence-corrected chi connectivity index (χ3v) is 3.78. The zero-order valence-electron chi connectivity index (χ0n) is 11.7. The second kappa shape index (κ2) is 5.74. The molecule has 0 atom stereocenters. The molecule has 4 nitrogen and oxygen atoms in total. The summed E-state index contributed by atoms with van der Waals surface area (Å²) in [6.07, 6.45) is 3.79. The second-order valence-corrected chi connectivity index (χ2v) is 5.68. The van der Waals surface area contributed by atoms with Crippen molar-refractivity contribution >= 4 is 28.9 Å². The molecule has 1 saturated carbocycles. The summed E-state index contributed by atoms with van der Waals surface area (Å²) in [5.74, 6) is -0.109. The van der Waals surface area contributed by atoms with Gasteiger partial charge < -0.3 is 10.6 Å². The molecule has 1 amide bonds. The summed E-state index contributed by atoms with van der Waals surface area (Å²) < 4.78 is 0. The molecule has 0 saturated heterocycles. The largest absolute Gasteiger partial charge is 0.354 e. The number of anilines is 2. The summed E-state index contributed by atoms with van der Waals surface area (Å²) in [6, 6.07) is 9.67. The predicted molar refractivity (Wildman–Crippen MR) is 84.2 cm³/mol. The highest BCUT2D eigenvalue weighted by molar-refractivity contribution is 6.31. The molecule has 3 rings (SSSR count). The number of nitrogens with zero attached hydrogens (tertiary/aromatic N) is 1. The number of pyridine rings is 1. The summed E-state index contributed by atoms with van der Waals surface area (Å²) >= 11 is 6.09. The Kier molecular flexibility index (Phi) is 3.80. The van der Waals surface area contributed by atoms with Gasteiger partial charge in [-0.3, -0.25) is 4.79 Å². The van der Waals surface area contributed by atoms with Crippen molar-refractivity contribution in [2.75, 3.05) is 5.32 Å². The molecular formula is C16H16ClN3O. The van der Waals surface area contributed by atoms with E-state index >= 15 is 0 Å². The molecule has 1 aliphatic rings. The molecule has 2 aromatic rings. The minimum atomic E-state index is -0.109. The quantitative estimate of drug-likeness (QED) is 0.906. The highest BCUT2D eigenvalue weighted by Gasteiger charge is 2.24. The van der Waals surface area contributed by atoms with Gasteiger partial charge in [-0.25, -0.2) is 4.98 Å². The summed E-state index contributed by atoms with van der Waals surface area (Å²) in [5, 5.41) is 6.84. The van der Waals surface area contributed by atoms with Gasteiger partial charge in [0.25, 0.3) is 5.91 Å². The average molecular weight is 302 g/mol. The van der Waals surface area contributed by atoms with Crippen LogP contribution in [0.25, 0.3) is 0 Å². The monoisotopic (exact) mass is 301 g/mol. The van der Waals surface area contributed by atoms with E-state index in [-0.39, 0.29) is 5.91 Å². The minimum absolute atomic E-state index is 0.109. The summed E-state index contributed by atoms with van der Waals surface area (Å²) in [4.78, 5) is 16.0. The molecule has 108 valence electrons. The second-order valence-electron chi connectivity index (χ2n) is 5.27. The van der Waals surface area contributed by atoms with Crippen LogP contribution in [0.1, 0.15) is 28.9 Å². The molecule has 1 heterocycles. The fraction of sp³-hybridized carbons (Fsp3) is 0.250. The van der Waals surface area contributed by atoms with Gasteiger partial charge >= 0.3 is 0 Å². The first-order valence-corrected chi connectivity index (χ1v) is 7.30. The molecule has 5 heteroatoms. The van der Waals surface area contributed by atoms with Crippen LogP contribution >= 0.6 is 11.6 Å². The van der Waals surface area contributed by atoms with Gasteiger partial charge in [0.1, 0.15) is 5.69 Å². The van der Waals surface area contributed by atoms with Crippen molar-refractivity contribution < 1.29 is 4.79 Å². The molecule has 0 bridgehead atoms. The van der Waals surface area contributed by atoms with Crippen molar-refractivity contribution in [2.24, 2.45) is 0 Å². The van der Waals surface area contributed by atoms with E-state index < -0.39 is 0 Å². The number of benzene rings is 1. The third kappa shape index (κ3) is 3.52. The number of carbonyl (C=O) groups excluding carboxylic acids is 1. The smallest absolute Gasteiger partial charge is 0.270 e. The molecule has 0 spiro atoms. The van der Waals surface area contributed by atoms with Crippen molar-refractivity contribution in [3.05, 3.63) is 52.8 Å². The van der Waals surface area contributed by atoms with Crippen LogP contribution < -0.4 is 10.6 Å². The Labute approximate surface area is 128 Å². The van der Waals surface area contributed by atoms with Crippen LogP contribution in [0.2, 0.25) is 5.02 Å². The van der Waals surface area contributed by atoms with E-state index in [4.69, 9.17) is 11.6 Å². The maximum absolute atomic E-state index is 11.8. The van der Waals surface area contributed by atoms with E-state index in [1.807, 2.05) is 31.2 Å². The number of amides is 1. The van der Waals surface area contributed by atoms with Gasteiger partial charge in [-0.15, -0.1) is 0 Å². The van der Waals surface area contributed by atoms with E-state index in [2.05, 4.69) is 15.6 Å². The van der Waals surface area contributed by atoms with Crippen molar-refractivity contribution in [3.63, 3.8) is 0 Å². The zero-order valence-corrected chi connectivity index (χ0v) is 12.4. The number of nitrogens with one attached hydrogen (secondary N) is 2. The Morgan fingerprint density at radius 2 is 2.00 bits per heavy atom. The Morgan fingerprint density at radius 3 is 2.62 bits per heavy atom. The molecule has 2 N–H and O–H groups in total. The van der Waals surface area contributed by atoms with Gasteiger partial charge in [0.05, 0.1) is 11.9 Å². The lowest BCUT2D eigenvalue weighted by Crippen LogP contribution is -2.26. The van der Waals surface area contributed by atoms with Crippen molar-refractivity contribution in [1.82, 2.24) is 10.3 Å². The van der Waals surface area contributed by atoms with Crippen LogP contribution in [0.15, 0.2) is 36.5 Å². The zero-order chi connectivity index (χ0) is 14.8. The number of halogens is 1. The predicted octanol–water partition coefficient (Wildman–Crippen LogP) is 3.68. The number of aromatic nitrogens is 1. The normalized spacial score (nSPS) is 13.8. The number of hydrogen-bond donors (Lipinski definition) is 2. The molecule has 1 fully saturated rings. The lowest BCUT2D eigenvalue weighted by Gasteiger charge is -2.08. The first-order chi connectivity index (χ1) is 10.1. The van der Waals surface area contributed by atoms with Gasteiger partial charge in [-0.1, -0.05) is 17.7 Å². The van der Waals surface area contributed by atoms with Crippen molar-refractivity contribution in [2.45, 2.75) is 25.8 Å². The summed E-state index contributed by atoms with van der Waals surface area (Å²) in [6.45, 7) is 1.96. The SMILES string of the molecule is Cc1ccc(Nc2ccc(C(=O)NC3CC3)nc2)cc1Cl. The van der Waals surface area contributed by atoms with Crippen LogP contribution in [0.3, 0.4) is 0 Å². The van der Waals surface area contributed by atoms with Crippen molar-refractivity contribution in [1.29, 1.82) is 0 Å². The lowest BCUT2D eigenvalue weighted by atomic mass is 10.2. The average Bonchev–Trinajstić information content (AvgIpc) is 3.28. The highest BCUT2D eigenvalue weighted by atomic mass is 35.5.